The number of hydrogen-bond acceptors (Lipinski definition) is 5. The average molecular weight is 341 g/mol. The standard InChI is InChI=1S/C19H23N3O3/c1-2-24-15-9-5-13(6-10-15)12-17(23)22-11-3-4-16(22)19-20-18(21-25-19)14-7-8-14/h5-6,9-10,14,16H,2-4,7-8,11-12H2,1H3. The molecule has 0 N–H and O–H groups in total. The van der Waals surface area contributed by atoms with E-state index in [9.17, 15) is 4.79 Å². The van der Waals surface area contributed by atoms with E-state index in [0.29, 0.717) is 24.8 Å². The van der Waals surface area contributed by atoms with Crippen LogP contribution in [0.15, 0.2) is 28.8 Å². The first-order valence-electron chi connectivity index (χ1n) is 9.09. The summed E-state index contributed by atoms with van der Waals surface area (Å²) in [7, 11) is 0. The second kappa shape index (κ2) is 6.86. The Morgan fingerprint density at radius 1 is 1.28 bits per heavy atom. The van der Waals surface area contributed by atoms with Gasteiger partial charge in [-0.2, -0.15) is 4.98 Å². The van der Waals surface area contributed by atoms with E-state index in [2.05, 4.69) is 10.1 Å². The highest BCUT2D eigenvalue weighted by atomic mass is 16.5. The van der Waals surface area contributed by atoms with Crippen molar-refractivity contribution in [2.24, 2.45) is 0 Å². The third-order valence-electron chi connectivity index (χ3n) is 4.85. The summed E-state index contributed by atoms with van der Waals surface area (Å²) >= 11 is 0. The molecule has 25 heavy (non-hydrogen) atoms. The summed E-state index contributed by atoms with van der Waals surface area (Å²) in [6.07, 6.45) is 4.53. The van der Waals surface area contributed by atoms with Crippen LogP contribution in [0.1, 0.15) is 61.8 Å². The molecule has 6 heteroatoms. The van der Waals surface area contributed by atoms with E-state index in [1.807, 2.05) is 36.1 Å². The zero-order valence-electron chi connectivity index (χ0n) is 14.5. The van der Waals surface area contributed by atoms with Crippen molar-refractivity contribution in [3.05, 3.63) is 41.5 Å². The summed E-state index contributed by atoms with van der Waals surface area (Å²) in [6.45, 7) is 3.35. The number of rotatable bonds is 6. The van der Waals surface area contributed by atoms with Crippen LogP contribution in [0.2, 0.25) is 0 Å². The first kappa shape index (κ1) is 16.1. The van der Waals surface area contributed by atoms with Crippen LogP contribution in [0.25, 0.3) is 0 Å². The van der Waals surface area contributed by atoms with Gasteiger partial charge in [-0.3, -0.25) is 4.79 Å². The molecule has 1 aromatic carbocycles. The fraction of sp³-hybridized carbons (Fsp3) is 0.526. The van der Waals surface area contributed by atoms with E-state index < -0.39 is 0 Å². The molecule has 2 fully saturated rings. The summed E-state index contributed by atoms with van der Waals surface area (Å²) in [5.41, 5.74) is 0.989. The molecule has 6 nitrogen and oxygen atoms in total. The Kier molecular flexibility index (Phi) is 4.42. The Hall–Kier alpha value is -2.37. The molecule has 1 atom stereocenters. The number of likely N-dealkylation sites (tertiary alicyclic amines) is 1. The smallest absolute Gasteiger partial charge is 0.249 e. The van der Waals surface area contributed by atoms with Gasteiger partial charge in [-0.05, 0) is 50.3 Å². The van der Waals surface area contributed by atoms with Crippen LogP contribution in [-0.4, -0.2) is 34.1 Å². The number of amides is 1. The number of nitrogens with zero attached hydrogens (tertiary/aromatic N) is 3. The molecule has 0 bridgehead atoms. The third-order valence-corrected chi connectivity index (χ3v) is 4.85. The largest absolute Gasteiger partial charge is 0.494 e. The molecule has 1 amide bonds. The fourth-order valence-corrected chi connectivity index (χ4v) is 3.36. The highest BCUT2D eigenvalue weighted by molar-refractivity contribution is 5.79. The van der Waals surface area contributed by atoms with Crippen LogP contribution in [0.4, 0.5) is 0 Å². The van der Waals surface area contributed by atoms with E-state index in [1.54, 1.807) is 0 Å². The predicted octanol–water partition coefficient (Wildman–Crippen LogP) is 3.25. The summed E-state index contributed by atoms with van der Waals surface area (Å²) in [5.74, 6) is 2.81. The normalized spacial score (nSPS) is 20.0. The molecule has 1 saturated heterocycles. The molecule has 0 radical (unpaired) electrons. The van der Waals surface area contributed by atoms with E-state index in [4.69, 9.17) is 9.26 Å². The molecule has 1 saturated carbocycles. The van der Waals surface area contributed by atoms with Crippen LogP contribution in [0, 0.1) is 0 Å². The Bertz CT molecular complexity index is 737. The maximum atomic E-state index is 12.8. The Morgan fingerprint density at radius 2 is 2.08 bits per heavy atom. The lowest BCUT2D eigenvalue weighted by atomic mass is 10.1. The average Bonchev–Trinajstić information content (AvgIpc) is 3.15. The highest BCUT2D eigenvalue weighted by Crippen LogP contribution is 2.39. The molecule has 2 heterocycles. The number of carbonyl (C=O) groups is 1. The van der Waals surface area contributed by atoms with Crippen molar-refractivity contribution in [3.63, 3.8) is 0 Å². The van der Waals surface area contributed by atoms with Crippen molar-refractivity contribution < 1.29 is 14.1 Å². The van der Waals surface area contributed by atoms with E-state index in [0.717, 1.165) is 49.4 Å². The summed E-state index contributed by atoms with van der Waals surface area (Å²) < 4.78 is 10.9. The lowest BCUT2D eigenvalue weighted by molar-refractivity contribution is -0.131. The van der Waals surface area contributed by atoms with Gasteiger partial charge in [0.1, 0.15) is 11.8 Å². The topological polar surface area (TPSA) is 68.5 Å². The molecule has 132 valence electrons. The number of aromatic nitrogens is 2. The van der Waals surface area contributed by atoms with Crippen molar-refractivity contribution in [2.75, 3.05) is 13.2 Å². The minimum absolute atomic E-state index is 0.0739. The zero-order chi connectivity index (χ0) is 17.2. The monoisotopic (exact) mass is 341 g/mol. The van der Waals surface area contributed by atoms with Gasteiger partial charge in [0.25, 0.3) is 0 Å². The first-order valence-corrected chi connectivity index (χ1v) is 9.09. The van der Waals surface area contributed by atoms with Crippen molar-refractivity contribution in [3.8, 4) is 5.75 Å². The maximum Gasteiger partial charge on any atom is 0.249 e. The maximum absolute atomic E-state index is 12.8. The zero-order valence-corrected chi connectivity index (χ0v) is 14.5. The van der Waals surface area contributed by atoms with E-state index in [-0.39, 0.29) is 11.9 Å². The number of benzene rings is 1. The van der Waals surface area contributed by atoms with Gasteiger partial charge in [-0.15, -0.1) is 0 Å². The quantitative estimate of drug-likeness (QED) is 0.807. The molecule has 1 aliphatic heterocycles. The van der Waals surface area contributed by atoms with Gasteiger partial charge in [0.05, 0.1) is 13.0 Å². The van der Waals surface area contributed by atoms with Gasteiger partial charge < -0.3 is 14.2 Å². The van der Waals surface area contributed by atoms with E-state index >= 15 is 0 Å². The van der Waals surface area contributed by atoms with Crippen LogP contribution in [-0.2, 0) is 11.2 Å². The first-order chi connectivity index (χ1) is 12.2. The molecule has 1 aromatic heterocycles. The molecular formula is C19H23N3O3. The van der Waals surface area contributed by atoms with Gasteiger partial charge in [0.15, 0.2) is 5.82 Å². The SMILES string of the molecule is CCOc1ccc(CC(=O)N2CCCC2c2nc(C3CC3)no2)cc1. The Labute approximate surface area is 147 Å². The van der Waals surface area contributed by atoms with Crippen LogP contribution in [0.5, 0.6) is 5.75 Å². The lowest BCUT2D eigenvalue weighted by Gasteiger charge is -2.22. The third kappa shape index (κ3) is 3.52. The summed E-state index contributed by atoms with van der Waals surface area (Å²) in [5, 5.41) is 4.09. The molecule has 1 aliphatic carbocycles. The number of hydrogen-bond donors (Lipinski definition) is 0. The van der Waals surface area contributed by atoms with Gasteiger partial charge in [0, 0.05) is 12.5 Å². The predicted molar refractivity (Wildman–Crippen MR) is 91.3 cm³/mol. The van der Waals surface area contributed by atoms with Gasteiger partial charge >= 0.3 is 0 Å². The minimum Gasteiger partial charge on any atom is -0.494 e. The summed E-state index contributed by atoms with van der Waals surface area (Å²) in [6, 6.07) is 7.65. The number of ether oxygens (including phenoxy) is 1. The Balaban J connectivity index is 1.42. The van der Waals surface area contributed by atoms with Crippen molar-refractivity contribution in [1.82, 2.24) is 15.0 Å². The van der Waals surface area contributed by atoms with Crippen LogP contribution in [0.3, 0.4) is 0 Å². The lowest BCUT2D eigenvalue weighted by Crippen LogP contribution is -2.32. The second-order valence-electron chi connectivity index (χ2n) is 6.76. The summed E-state index contributed by atoms with van der Waals surface area (Å²) in [4.78, 5) is 19.2. The van der Waals surface area contributed by atoms with Crippen LogP contribution < -0.4 is 4.74 Å². The second-order valence-corrected chi connectivity index (χ2v) is 6.76. The minimum atomic E-state index is -0.0739. The molecule has 4 rings (SSSR count). The van der Waals surface area contributed by atoms with Crippen molar-refractivity contribution in [1.29, 1.82) is 0 Å². The molecule has 1 unspecified atom stereocenters. The number of carbonyl (C=O) groups excluding carboxylic acids is 1. The Morgan fingerprint density at radius 3 is 2.80 bits per heavy atom. The highest BCUT2D eigenvalue weighted by Gasteiger charge is 2.36. The molecule has 2 aromatic rings. The van der Waals surface area contributed by atoms with E-state index in [1.165, 1.54) is 0 Å². The van der Waals surface area contributed by atoms with Crippen LogP contribution >= 0.6 is 0 Å². The molecular weight excluding hydrogens is 318 g/mol. The van der Waals surface area contributed by atoms with Gasteiger partial charge in [-0.1, -0.05) is 17.3 Å². The molecule has 2 aliphatic rings. The van der Waals surface area contributed by atoms with Crippen molar-refractivity contribution in [2.45, 2.75) is 51.0 Å². The fourth-order valence-electron chi connectivity index (χ4n) is 3.36. The van der Waals surface area contributed by atoms with Crippen molar-refractivity contribution >= 4 is 5.91 Å². The molecule has 0 spiro atoms. The van der Waals surface area contributed by atoms with Gasteiger partial charge in [0.2, 0.25) is 11.8 Å². The van der Waals surface area contributed by atoms with Gasteiger partial charge in [-0.25, -0.2) is 0 Å².